The third kappa shape index (κ3) is 6.94. The normalized spacial score (nSPS) is 21.2. The molecule has 0 amide bonds. The third-order valence-electron chi connectivity index (χ3n) is 4.52. The molecule has 2 rings (SSSR count). The molecule has 1 aliphatic carbocycles. The number of aromatic nitrogens is 2. The van der Waals surface area contributed by atoms with Crippen LogP contribution in [0.5, 0.6) is 0 Å². The van der Waals surface area contributed by atoms with E-state index in [2.05, 4.69) is 41.3 Å². The van der Waals surface area contributed by atoms with E-state index >= 15 is 0 Å². The van der Waals surface area contributed by atoms with Crippen molar-refractivity contribution in [3.63, 3.8) is 0 Å². The van der Waals surface area contributed by atoms with Gasteiger partial charge in [0.2, 0.25) is 5.89 Å². The minimum absolute atomic E-state index is 0. The first-order chi connectivity index (χ1) is 11.1. The molecule has 24 heavy (non-hydrogen) atoms. The second kappa shape index (κ2) is 10.9. The highest BCUT2D eigenvalue weighted by Gasteiger charge is 2.20. The molecule has 0 spiro atoms. The second-order valence-corrected chi connectivity index (χ2v) is 6.73. The Labute approximate surface area is 162 Å². The monoisotopic (exact) mass is 449 g/mol. The van der Waals surface area contributed by atoms with Crippen molar-refractivity contribution in [3.8, 4) is 0 Å². The van der Waals surface area contributed by atoms with Crippen molar-refractivity contribution in [2.45, 2.75) is 52.9 Å². The van der Waals surface area contributed by atoms with E-state index in [0.29, 0.717) is 24.7 Å². The maximum absolute atomic E-state index is 5.13. The molecule has 1 aliphatic rings. The lowest BCUT2D eigenvalue weighted by molar-refractivity contribution is 0.250. The van der Waals surface area contributed by atoms with Gasteiger partial charge in [-0.15, -0.1) is 24.0 Å². The second-order valence-electron chi connectivity index (χ2n) is 6.73. The summed E-state index contributed by atoms with van der Waals surface area (Å²) < 4.78 is 5.13. The fourth-order valence-corrected chi connectivity index (χ4v) is 3.15. The van der Waals surface area contributed by atoms with Crippen LogP contribution in [0.25, 0.3) is 0 Å². The Morgan fingerprint density at radius 2 is 2.04 bits per heavy atom. The fourth-order valence-electron chi connectivity index (χ4n) is 3.15. The summed E-state index contributed by atoms with van der Waals surface area (Å²) in [6.45, 7) is 8.93. The molecule has 0 aromatic carbocycles. The average molecular weight is 449 g/mol. The third-order valence-corrected chi connectivity index (χ3v) is 4.52. The van der Waals surface area contributed by atoms with Crippen LogP contribution in [0.4, 0.5) is 0 Å². The number of halogens is 1. The van der Waals surface area contributed by atoms with Gasteiger partial charge in [0, 0.05) is 26.6 Å². The number of hydrogen-bond acceptors (Lipinski definition) is 4. The summed E-state index contributed by atoms with van der Waals surface area (Å²) in [4.78, 5) is 11.2. The molecule has 6 nitrogen and oxygen atoms in total. The van der Waals surface area contributed by atoms with Crippen LogP contribution < -0.4 is 5.32 Å². The Kier molecular flexibility index (Phi) is 9.61. The number of rotatable bonds is 6. The van der Waals surface area contributed by atoms with Gasteiger partial charge in [-0.3, -0.25) is 4.99 Å². The van der Waals surface area contributed by atoms with Gasteiger partial charge in [-0.25, -0.2) is 0 Å². The van der Waals surface area contributed by atoms with Crippen molar-refractivity contribution >= 4 is 29.9 Å². The molecule has 0 unspecified atom stereocenters. The minimum Gasteiger partial charge on any atom is -0.357 e. The van der Waals surface area contributed by atoms with Gasteiger partial charge in [-0.05, 0) is 38.5 Å². The maximum Gasteiger partial charge on any atom is 0.228 e. The van der Waals surface area contributed by atoms with Crippen LogP contribution in [0, 0.1) is 18.8 Å². The SMILES string of the molecule is CCNC(=NCCc1nc(C)no1)N(C)CC1CCC(C)CC1.I. The topological polar surface area (TPSA) is 66.5 Å². The Hall–Kier alpha value is -0.860. The van der Waals surface area contributed by atoms with E-state index in [1.807, 2.05) is 6.92 Å². The van der Waals surface area contributed by atoms with Gasteiger partial charge in [-0.1, -0.05) is 24.9 Å². The van der Waals surface area contributed by atoms with Gasteiger partial charge < -0.3 is 14.7 Å². The summed E-state index contributed by atoms with van der Waals surface area (Å²) in [5, 5.41) is 7.19. The van der Waals surface area contributed by atoms with E-state index in [9.17, 15) is 0 Å². The van der Waals surface area contributed by atoms with Crippen molar-refractivity contribution in [1.82, 2.24) is 20.4 Å². The largest absolute Gasteiger partial charge is 0.357 e. The molecule has 0 bridgehead atoms. The fraction of sp³-hybridized carbons (Fsp3) is 0.824. The van der Waals surface area contributed by atoms with Crippen LogP contribution in [-0.4, -0.2) is 47.7 Å². The van der Waals surface area contributed by atoms with E-state index in [1.54, 1.807) is 0 Å². The molecular weight excluding hydrogens is 417 g/mol. The molecular formula is C17H32IN5O. The van der Waals surface area contributed by atoms with Crippen molar-refractivity contribution in [2.75, 3.05) is 26.7 Å². The van der Waals surface area contributed by atoms with Gasteiger partial charge in [-0.2, -0.15) is 4.98 Å². The number of guanidine groups is 1. The van der Waals surface area contributed by atoms with Crippen LogP contribution >= 0.6 is 24.0 Å². The Balaban J connectivity index is 0.00000288. The Morgan fingerprint density at radius 1 is 1.33 bits per heavy atom. The number of aliphatic imine (C=N–C) groups is 1. The predicted molar refractivity (Wildman–Crippen MR) is 108 cm³/mol. The van der Waals surface area contributed by atoms with Gasteiger partial charge >= 0.3 is 0 Å². The predicted octanol–water partition coefficient (Wildman–Crippen LogP) is 3.26. The molecule has 7 heteroatoms. The Bertz CT molecular complexity index is 497. The quantitative estimate of drug-likeness (QED) is 0.410. The van der Waals surface area contributed by atoms with Crippen LogP contribution in [0.15, 0.2) is 9.52 Å². The number of nitrogens with one attached hydrogen (secondary N) is 1. The molecule has 0 radical (unpaired) electrons. The number of aryl methyl sites for hydroxylation is 1. The zero-order valence-corrected chi connectivity index (χ0v) is 17.7. The van der Waals surface area contributed by atoms with Gasteiger partial charge in [0.25, 0.3) is 0 Å². The van der Waals surface area contributed by atoms with Gasteiger partial charge in [0.05, 0.1) is 6.54 Å². The Morgan fingerprint density at radius 3 is 2.62 bits per heavy atom. The number of nitrogens with zero attached hydrogens (tertiary/aromatic N) is 4. The summed E-state index contributed by atoms with van der Waals surface area (Å²) in [5.41, 5.74) is 0. The molecule has 0 saturated heterocycles. The highest BCUT2D eigenvalue weighted by Crippen LogP contribution is 2.28. The van der Waals surface area contributed by atoms with Crippen molar-refractivity contribution in [3.05, 3.63) is 11.7 Å². The van der Waals surface area contributed by atoms with Crippen LogP contribution in [0.1, 0.15) is 51.2 Å². The van der Waals surface area contributed by atoms with Crippen molar-refractivity contribution in [1.29, 1.82) is 0 Å². The maximum atomic E-state index is 5.13. The molecule has 1 aromatic rings. The zero-order valence-electron chi connectivity index (χ0n) is 15.4. The summed E-state index contributed by atoms with van der Waals surface area (Å²) >= 11 is 0. The van der Waals surface area contributed by atoms with Crippen LogP contribution in [0.2, 0.25) is 0 Å². The molecule has 1 saturated carbocycles. The molecule has 138 valence electrons. The highest BCUT2D eigenvalue weighted by molar-refractivity contribution is 14.0. The van der Waals surface area contributed by atoms with Crippen molar-refractivity contribution < 1.29 is 4.52 Å². The first kappa shape index (κ1) is 21.2. The lowest BCUT2D eigenvalue weighted by Gasteiger charge is -2.31. The highest BCUT2D eigenvalue weighted by atomic mass is 127. The molecule has 1 fully saturated rings. The van der Waals surface area contributed by atoms with E-state index in [0.717, 1.165) is 30.9 Å². The van der Waals surface area contributed by atoms with E-state index in [-0.39, 0.29) is 24.0 Å². The zero-order chi connectivity index (χ0) is 16.7. The van der Waals surface area contributed by atoms with Crippen LogP contribution in [-0.2, 0) is 6.42 Å². The minimum atomic E-state index is 0. The number of hydrogen-bond donors (Lipinski definition) is 1. The average Bonchev–Trinajstić information content (AvgIpc) is 2.94. The first-order valence-corrected chi connectivity index (χ1v) is 8.87. The van der Waals surface area contributed by atoms with Gasteiger partial charge in [0.1, 0.15) is 0 Å². The molecule has 0 aliphatic heterocycles. The summed E-state index contributed by atoms with van der Waals surface area (Å²) in [6.07, 6.45) is 6.09. The van der Waals surface area contributed by atoms with E-state index in [1.165, 1.54) is 25.7 Å². The molecule has 0 atom stereocenters. The van der Waals surface area contributed by atoms with E-state index in [4.69, 9.17) is 9.52 Å². The standard InChI is InChI=1S/C17H31N5O.HI/c1-5-18-17(19-11-10-16-20-14(3)21-23-16)22(4)12-15-8-6-13(2)7-9-15;/h13,15H,5-12H2,1-4H3,(H,18,19);1H. The summed E-state index contributed by atoms with van der Waals surface area (Å²) in [5.74, 6) is 4.00. The molecule has 1 aromatic heterocycles. The molecule has 1 N–H and O–H groups in total. The lowest BCUT2D eigenvalue weighted by atomic mass is 9.83. The van der Waals surface area contributed by atoms with Gasteiger partial charge in [0.15, 0.2) is 11.8 Å². The lowest BCUT2D eigenvalue weighted by Crippen LogP contribution is -2.42. The first-order valence-electron chi connectivity index (χ1n) is 8.87. The van der Waals surface area contributed by atoms with Crippen LogP contribution in [0.3, 0.4) is 0 Å². The summed E-state index contributed by atoms with van der Waals surface area (Å²) in [6, 6.07) is 0. The summed E-state index contributed by atoms with van der Waals surface area (Å²) in [7, 11) is 2.14. The van der Waals surface area contributed by atoms with E-state index < -0.39 is 0 Å². The van der Waals surface area contributed by atoms with Crippen molar-refractivity contribution in [2.24, 2.45) is 16.8 Å². The smallest absolute Gasteiger partial charge is 0.228 e. The molecule has 1 heterocycles.